The van der Waals surface area contributed by atoms with E-state index in [0.29, 0.717) is 19.0 Å². The van der Waals surface area contributed by atoms with Crippen molar-refractivity contribution in [3.63, 3.8) is 0 Å². The van der Waals surface area contributed by atoms with Gasteiger partial charge in [0.1, 0.15) is 0 Å². The molecule has 32 heavy (non-hydrogen) atoms. The number of rotatable bonds is 7. The summed E-state index contributed by atoms with van der Waals surface area (Å²) in [6.45, 7) is 8.99. The maximum atomic E-state index is 13.3. The van der Waals surface area contributed by atoms with E-state index in [1.54, 1.807) is 0 Å². The van der Waals surface area contributed by atoms with Gasteiger partial charge in [0.25, 0.3) is 5.91 Å². The Labute approximate surface area is 193 Å². The van der Waals surface area contributed by atoms with Gasteiger partial charge in [-0.1, -0.05) is 37.0 Å². The number of hydrogen-bond acceptors (Lipinski definition) is 4. The van der Waals surface area contributed by atoms with Crippen LogP contribution in [0.1, 0.15) is 60.9 Å². The molecule has 1 atom stereocenters. The third-order valence-electron chi connectivity index (χ3n) is 7.55. The van der Waals surface area contributed by atoms with Crippen LogP contribution in [0.5, 0.6) is 0 Å². The zero-order chi connectivity index (χ0) is 22.3. The molecule has 2 heterocycles. The van der Waals surface area contributed by atoms with Crippen molar-refractivity contribution in [2.45, 2.75) is 57.9 Å². The molecule has 0 radical (unpaired) electrons. The van der Waals surface area contributed by atoms with E-state index in [9.17, 15) is 9.59 Å². The highest BCUT2D eigenvalue weighted by molar-refractivity contribution is 5.94. The lowest BCUT2D eigenvalue weighted by Crippen LogP contribution is -2.58. The van der Waals surface area contributed by atoms with Gasteiger partial charge in [-0.2, -0.15) is 0 Å². The second kappa shape index (κ2) is 11.3. The Bertz CT molecular complexity index is 763. The molecule has 3 fully saturated rings. The van der Waals surface area contributed by atoms with Gasteiger partial charge >= 0.3 is 0 Å². The van der Waals surface area contributed by atoms with Crippen LogP contribution in [0.4, 0.5) is 0 Å². The number of benzene rings is 1. The standard InChI is InChI=1S/C26H40N4O2/c1-21-8-7-11-23(20-21)26(32)30-18-16-29(17-19-30)24(22-9-3-4-10-22)25(31)27-12-15-28-13-5-2-6-14-28/h7-8,11,20,22,24H,2-6,9-10,12-19H2,1H3,(H,27,31). The van der Waals surface area contributed by atoms with Gasteiger partial charge in [-0.25, -0.2) is 0 Å². The average Bonchev–Trinajstić information content (AvgIpc) is 3.34. The highest BCUT2D eigenvalue weighted by atomic mass is 16.2. The summed E-state index contributed by atoms with van der Waals surface area (Å²) in [4.78, 5) is 33.0. The number of piperidine rings is 1. The summed E-state index contributed by atoms with van der Waals surface area (Å²) in [5, 5.41) is 3.27. The second-order valence-corrected chi connectivity index (χ2v) is 9.88. The molecule has 176 valence electrons. The van der Waals surface area contributed by atoms with Gasteiger partial charge in [0.2, 0.25) is 5.91 Å². The molecule has 1 N–H and O–H groups in total. The van der Waals surface area contributed by atoms with Gasteiger partial charge in [-0.15, -0.1) is 0 Å². The maximum Gasteiger partial charge on any atom is 0.253 e. The molecule has 1 aromatic carbocycles. The Kier molecular flexibility index (Phi) is 8.20. The first-order chi connectivity index (χ1) is 15.6. The first-order valence-corrected chi connectivity index (χ1v) is 12.7. The van der Waals surface area contributed by atoms with Crippen molar-refractivity contribution in [3.8, 4) is 0 Å². The number of nitrogens with zero attached hydrogens (tertiary/aromatic N) is 3. The summed E-state index contributed by atoms with van der Waals surface area (Å²) in [7, 11) is 0. The Hall–Kier alpha value is -1.92. The third-order valence-corrected chi connectivity index (χ3v) is 7.55. The number of hydrogen-bond donors (Lipinski definition) is 1. The van der Waals surface area contributed by atoms with E-state index >= 15 is 0 Å². The summed E-state index contributed by atoms with van der Waals surface area (Å²) in [5.41, 5.74) is 1.87. The fourth-order valence-corrected chi connectivity index (χ4v) is 5.74. The number of likely N-dealkylation sites (tertiary alicyclic amines) is 1. The molecule has 0 bridgehead atoms. The third kappa shape index (κ3) is 5.90. The summed E-state index contributed by atoms with van der Waals surface area (Å²) >= 11 is 0. The smallest absolute Gasteiger partial charge is 0.253 e. The van der Waals surface area contributed by atoms with E-state index in [4.69, 9.17) is 0 Å². The number of amides is 2. The van der Waals surface area contributed by atoms with Crippen LogP contribution in [0.2, 0.25) is 0 Å². The topological polar surface area (TPSA) is 55.9 Å². The molecule has 6 heteroatoms. The van der Waals surface area contributed by atoms with Gasteiger partial charge in [0.05, 0.1) is 6.04 Å². The highest BCUT2D eigenvalue weighted by Gasteiger charge is 2.37. The summed E-state index contributed by atoms with van der Waals surface area (Å²) < 4.78 is 0. The predicted molar refractivity (Wildman–Crippen MR) is 128 cm³/mol. The normalized spacial score (nSPS) is 22.1. The molecule has 2 amide bonds. The fourth-order valence-electron chi connectivity index (χ4n) is 5.74. The van der Waals surface area contributed by atoms with Gasteiger partial charge in [0, 0.05) is 44.8 Å². The zero-order valence-corrected chi connectivity index (χ0v) is 19.7. The average molecular weight is 441 g/mol. The van der Waals surface area contributed by atoms with Gasteiger partial charge < -0.3 is 15.1 Å². The fraction of sp³-hybridized carbons (Fsp3) is 0.692. The Balaban J connectivity index is 1.32. The van der Waals surface area contributed by atoms with Crippen molar-refractivity contribution in [3.05, 3.63) is 35.4 Å². The van der Waals surface area contributed by atoms with E-state index in [1.165, 1.54) is 45.2 Å². The van der Waals surface area contributed by atoms with Crippen molar-refractivity contribution in [2.24, 2.45) is 5.92 Å². The Morgan fingerprint density at radius 3 is 2.38 bits per heavy atom. The monoisotopic (exact) mass is 440 g/mol. The van der Waals surface area contributed by atoms with E-state index in [1.807, 2.05) is 36.1 Å². The van der Waals surface area contributed by atoms with E-state index in [0.717, 1.165) is 50.1 Å². The minimum atomic E-state index is -0.0462. The molecule has 3 aliphatic rings. The number of aryl methyl sites for hydroxylation is 1. The van der Waals surface area contributed by atoms with Crippen molar-refractivity contribution in [1.29, 1.82) is 0 Å². The SMILES string of the molecule is Cc1cccc(C(=O)N2CCN(C(C(=O)NCCN3CCCCC3)C3CCCC3)CC2)c1. The van der Waals surface area contributed by atoms with Crippen LogP contribution in [0, 0.1) is 12.8 Å². The van der Waals surface area contributed by atoms with Crippen LogP contribution in [-0.2, 0) is 4.79 Å². The minimum Gasteiger partial charge on any atom is -0.353 e. The van der Waals surface area contributed by atoms with Crippen LogP contribution in [0.3, 0.4) is 0 Å². The van der Waals surface area contributed by atoms with Crippen LogP contribution in [0.25, 0.3) is 0 Å². The van der Waals surface area contributed by atoms with Gasteiger partial charge in [-0.3, -0.25) is 14.5 Å². The van der Waals surface area contributed by atoms with Crippen LogP contribution < -0.4 is 5.32 Å². The second-order valence-electron chi connectivity index (χ2n) is 9.88. The molecule has 4 rings (SSSR count). The van der Waals surface area contributed by atoms with Gasteiger partial charge in [0.15, 0.2) is 0 Å². The molecule has 1 aliphatic carbocycles. The summed E-state index contributed by atoms with van der Waals surface area (Å²) in [5.74, 6) is 0.758. The van der Waals surface area contributed by atoms with Crippen LogP contribution >= 0.6 is 0 Å². The lowest BCUT2D eigenvalue weighted by atomic mass is 9.95. The number of carbonyl (C=O) groups excluding carboxylic acids is 2. The van der Waals surface area contributed by atoms with E-state index in [-0.39, 0.29) is 17.9 Å². The zero-order valence-electron chi connectivity index (χ0n) is 19.7. The number of carbonyl (C=O) groups is 2. The van der Waals surface area contributed by atoms with Gasteiger partial charge in [-0.05, 0) is 63.7 Å². The lowest BCUT2D eigenvalue weighted by molar-refractivity contribution is -0.129. The molecular formula is C26H40N4O2. The first-order valence-electron chi connectivity index (χ1n) is 12.7. The predicted octanol–water partition coefficient (Wildman–Crippen LogP) is 2.91. The summed E-state index contributed by atoms with van der Waals surface area (Å²) in [6, 6.07) is 7.79. The number of piperazine rings is 1. The van der Waals surface area contributed by atoms with E-state index in [2.05, 4.69) is 15.1 Å². The number of nitrogens with one attached hydrogen (secondary N) is 1. The van der Waals surface area contributed by atoms with Crippen molar-refractivity contribution in [2.75, 3.05) is 52.4 Å². The highest BCUT2D eigenvalue weighted by Crippen LogP contribution is 2.31. The lowest BCUT2D eigenvalue weighted by Gasteiger charge is -2.41. The molecule has 1 saturated carbocycles. The Morgan fingerprint density at radius 2 is 1.69 bits per heavy atom. The van der Waals surface area contributed by atoms with Crippen molar-refractivity contribution in [1.82, 2.24) is 20.0 Å². The van der Waals surface area contributed by atoms with Crippen LogP contribution in [-0.4, -0.2) is 84.9 Å². The molecule has 1 aromatic rings. The Morgan fingerprint density at radius 1 is 0.969 bits per heavy atom. The van der Waals surface area contributed by atoms with Crippen LogP contribution in [0.15, 0.2) is 24.3 Å². The molecule has 1 unspecified atom stereocenters. The quantitative estimate of drug-likeness (QED) is 0.708. The van der Waals surface area contributed by atoms with Crippen molar-refractivity contribution >= 4 is 11.8 Å². The molecule has 0 spiro atoms. The molecule has 2 saturated heterocycles. The molecule has 2 aliphatic heterocycles. The molecule has 0 aromatic heterocycles. The molecule has 6 nitrogen and oxygen atoms in total. The van der Waals surface area contributed by atoms with Crippen molar-refractivity contribution < 1.29 is 9.59 Å². The maximum absolute atomic E-state index is 13.3. The minimum absolute atomic E-state index is 0.0462. The molecular weight excluding hydrogens is 400 g/mol. The van der Waals surface area contributed by atoms with E-state index < -0.39 is 0 Å². The first kappa shape index (κ1) is 23.2. The largest absolute Gasteiger partial charge is 0.353 e. The summed E-state index contributed by atoms with van der Waals surface area (Å²) in [6.07, 6.45) is 8.65.